The summed E-state index contributed by atoms with van der Waals surface area (Å²) in [6, 6.07) is 5.35. The van der Waals surface area contributed by atoms with Gasteiger partial charge in [-0.25, -0.2) is 13.1 Å². The molecule has 1 aliphatic heterocycles. The maximum atomic E-state index is 12.9. The number of carbonyl (C=O) groups excluding carboxylic acids is 1. The third kappa shape index (κ3) is 6.34. The van der Waals surface area contributed by atoms with Gasteiger partial charge in [0.25, 0.3) is 0 Å². The Morgan fingerprint density at radius 3 is 2.44 bits per heavy atom. The Balaban J connectivity index is 1.24. The van der Waals surface area contributed by atoms with Crippen molar-refractivity contribution in [3.8, 4) is 0 Å². The second-order valence-corrected chi connectivity index (χ2v) is 11.4. The zero-order valence-corrected chi connectivity index (χ0v) is 20.3. The number of allylic oxidation sites excluding steroid dienone is 4. The van der Waals surface area contributed by atoms with Gasteiger partial charge in [-0.05, 0) is 86.2 Å². The highest BCUT2D eigenvalue weighted by atomic mass is 32.2. The van der Waals surface area contributed by atoms with Gasteiger partial charge in [-0.15, -0.1) is 0 Å². The molecule has 2 atom stereocenters. The Morgan fingerprint density at radius 2 is 1.76 bits per heavy atom. The van der Waals surface area contributed by atoms with Gasteiger partial charge in [-0.2, -0.15) is 0 Å². The molecule has 2 unspecified atom stereocenters. The van der Waals surface area contributed by atoms with Crippen molar-refractivity contribution in [2.45, 2.75) is 37.0 Å². The van der Waals surface area contributed by atoms with Gasteiger partial charge in [-0.1, -0.05) is 30.4 Å². The van der Waals surface area contributed by atoms with Gasteiger partial charge in [0.15, 0.2) is 11.7 Å². The molecule has 9 heteroatoms. The highest BCUT2D eigenvalue weighted by Gasteiger charge is 2.28. The third-order valence-corrected chi connectivity index (χ3v) is 8.61. The molecule has 0 aromatic heterocycles. The molecule has 0 radical (unpaired) electrons. The predicted octanol–water partition coefficient (Wildman–Crippen LogP) is 1.58. The van der Waals surface area contributed by atoms with E-state index < -0.39 is 10.0 Å². The number of nitrogens with one attached hydrogen (secondary N) is 3. The first-order chi connectivity index (χ1) is 16.3. The van der Waals surface area contributed by atoms with E-state index in [-0.39, 0.29) is 29.7 Å². The lowest BCUT2D eigenvalue weighted by atomic mass is 9.74. The van der Waals surface area contributed by atoms with E-state index in [4.69, 9.17) is 11.1 Å². The minimum atomic E-state index is -3.74. The summed E-state index contributed by atoms with van der Waals surface area (Å²) in [4.78, 5) is 14.8. The summed E-state index contributed by atoms with van der Waals surface area (Å²) in [7, 11) is -3.74. The number of rotatable bonds is 9. The number of nitrogens with two attached hydrogens (primary N) is 1. The van der Waals surface area contributed by atoms with E-state index in [1.165, 1.54) is 5.56 Å². The quantitative estimate of drug-likeness (QED) is 0.311. The Kier molecular flexibility index (Phi) is 7.85. The van der Waals surface area contributed by atoms with Crippen LogP contribution in [0.25, 0.3) is 0 Å². The molecule has 0 bridgehead atoms. The van der Waals surface area contributed by atoms with Crippen molar-refractivity contribution >= 4 is 21.8 Å². The van der Waals surface area contributed by atoms with Crippen LogP contribution < -0.4 is 15.8 Å². The van der Waals surface area contributed by atoms with Gasteiger partial charge < -0.3 is 11.1 Å². The fourth-order valence-electron chi connectivity index (χ4n) is 5.21. The average molecular weight is 486 g/mol. The van der Waals surface area contributed by atoms with Crippen molar-refractivity contribution in [3.63, 3.8) is 0 Å². The normalized spacial score (nSPS) is 22.7. The summed E-state index contributed by atoms with van der Waals surface area (Å²) >= 11 is 0. The predicted molar refractivity (Wildman–Crippen MR) is 133 cm³/mol. The second kappa shape index (κ2) is 10.8. The summed E-state index contributed by atoms with van der Waals surface area (Å²) in [6.07, 6.45) is 13.3. The topological polar surface area (TPSA) is 128 Å². The van der Waals surface area contributed by atoms with Crippen molar-refractivity contribution < 1.29 is 13.2 Å². The standard InChI is InChI=1S/C25H35N5O3S/c26-25(27)28-10-7-18-8-11-30(12-9-18)17-23(31)16-29-34(32,33)24-6-5-21-13-19-3-1-2-4-20(19)14-22(21)15-24/h1-6,15,18-20,29H,7-14,16-17H2,(H4,26,27,28). The van der Waals surface area contributed by atoms with Gasteiger partial charge in [0.05, 0.1) is 18.0 Å². The Labute approximate surface area is 202 Å². The van der Waals surface area contributed by atoms with E-state index in [0.29, 0.717) is 24.3 Å². The molecule has 1 aromatic carbocycles. The molecule has 3 aliphatic rings. The van der Waals surface area contributed by atoms with Crippen LogP contribution in [0, 0.1) is 23.2 Å². The van der Waals surface area contributed by atoms with Crippen molar-refractivity contribution in [1.82, 2.24) is 14.9 Å². The lowest BCUT2D eigenvalue weighted by molar-refractivity contribution is -0.119. The smallest absolute Gasteiger partial charge is 0.240 e. The third-order valence-electron chi connectivity index (χ3n) is 7.21. The summed E-state index contributed by atoms with van der Waals surface area (Å²) in [5.41, 5.74) is 7.59. The molecule has 1 aromatic rings. The summed E-state index contributed by atoms with van der Waals surface area (Å²) in [6.45, 7) is 2.40. The van der Waals surface area contributed by atoms with Crippen LogP contribution in [0.1, 0.15) is 30.4 Å². The lowest BCUT2D eigenvalue weighted by Crippen LogP contribution is -2.41. The number of sulfonamides is 1. The van der Waals surface area contributed by atoms with Gasteiger partial charge in [0.2, 0.25) is 10.0 Å². The van der Waals surface area contributed by atoms with Crippen LogP contribution in [-0.2, 0) is 27.7 Å². The molecular formula is C25H35N5O3S. The molecule has 1 heterocycles. The molecule has 5 N–H and O–H groups in total. The SMILES string of the molecule is N=C(N)NCCC1CCN(CC(=O)CNS(=O)(=O)c2ccc3c(c2)CC2C=CC=CC2C3)CC1. The molecule has 34 heavy (non-hydrogen) atoms. The number of likely N-dealkylation sites (tertiary alicyclic amines) is 1. The van der Waals surface area contributed by atoms with E-state index in [0.717, 1.165) is 50.8 Å². The first-order valence-electron chi connectivity index (χ1n) is 12.1. The van der Waals surface area contributed by atoms with Crippen LogP contribution in [0.3, 0.4) is 0 Å². The number of fused-ring (bicyclic) bond motifs is 2. The van der Waals surface area contributed by atoms with E-state index in [2.05, 4.69) is 39.2 Å². The number of benzene rings is 1. The van der Waals surface area contributed by atoms with Crippen molar-refractivity contribution in [3.05, 3.63) is 53.6 Å². The number of ketones is 1. The number of carbonyl (C=O) groups is 1. The van der Waals surface area contributed by atoms with E-state index in [1.807, 2.05) is 6.07 Å². The van der Waals surface area contributed by atoms with Crippen LogP contribution >= 0.6 is 0 Å². The van der Waals surface area contributed by atoms with Crippen LogP contribution in [0.15, 0.2) is 47.4 Å². The van der Waals surface area contributed by atoms with Crippen molar-refractivity contribution in [1.29, 1.82) is 5.41 Å². The fraction of sp³-hybridized carbons (Fsp3) is 0.520. The van der Waals surface area contributed by atoms with Crippen LogP contribution in [-0.4, -0.2) is 57.8 Å². The number of Topliss-reactive ketones (excluding diaryl/α,β-unsaturated/α-hetero) is 1. The first-order valence-corrected chi connectivity index (χ1v) is 13.6. The molecule has 4 rings (SSSR count). The fourth-order valence-corrected chi connectivity index (χ4v) is 6.28. The molecule has 1 saturated heterocycles. The largest absolute Gasteiger partial charge is 0.370 e. The summed E-state index contributed by atoms with van der Waals surface area (Å²) < 4.78 is 28.2. The van der Waals surface area contributed by atoms with Crippen molar-refractivity contribution in [2.24, 2.45) is 23.5 Å². The zero-order valence-electron chi connectivity index (χ0n) is 19.5. The van der Waals surface area contributed by atoms with Crippen molar-refractivity contribution in [2.75, 3.05) is 32.7 Å². The van der Waals surface area contributed by atoms with E-state index >= 15 is 0 Å². The molecule has 8 nitrogen and oxygen atoms in total. The molecule has 184 valence electrons. The Bertz CT molecular complexity index is 1070. The molecule has 0 amide bonds. The average Bonchev–Trinajstić information content (AvgIpc) is 2.82. The number of hydrogen-bond acceptors (Lipinski definition) is 5. The molecule has 0 spiro atoms. The van der Waals surface area contributed by atoms with Crippen LogP contribution in [0.5, 0.6) is 0 Å². The van der Waals surface area contributed by atoms with Crippen LogP contribution in [0.4, 0.5) is 0 Å². The maximum absolute atomic E-state index is 12.9. The zero-order chi connectivity index (χ0) is 24.1. The van der Waals surface area contributed by atoms with Gasteiger partial charge in [-0.3, -0.25) is 15.1 Å². The summed E-state index contributed by atoms with van der Waals surface area (Å²) in [5, 5.41) is 10.0. The Morgan fingerprint density at radius 1 is 1.09 bits per heavy atom. The minimum absolute atomic E-state index is 0.00619. The molecule has 0 saturated carbocycles. The summed E-state index contributed by atoms with van der Waals surface area (Å²) in [5.74, 6) is 1.32. The monoisotopic (exact) mass is 485 g/mol. The highest BCUT2D eigenvalue weighted by molar-refractivity contribution is 7.89. The number of guanidine groups is 1. The Hall–Kier alpha value is -2.49. The molecular weight excluding hydrogens is 450 g/mol. The minimum Gasteiger partial charge on any atom is -0.370 e. The number of nitrogens with zero attached hydrogens (tertiary/aromatic N) is 1. The first kappa shape index (κ1) is 24.6. The van der Waals surface area contributed by atoms with E-state index in [9.17, 15) is 13.2 Å². The molecule has 1 fully saturated rings. The van der Waals surface area contributed by atoms with E-state index in [1.54, 1.807) is 12.1 Å². The van der Waals surface area contributed by atoms with Gasteiger partial charge >= 0.3 is 0 Å². The number of hydrogen-bond donors (Lipinski definition) is 4. The van der Waals surface area contributed by atoms with Gasteiger partial charge in [0, 0.05) is 6.54 Å². The lowest BCUT2D eigenvalue weighted by Gasteiger charge is -2.31. The van der Waals surface area contributed by atoms with Crippen LogP contribution in [0.2, 0.25) is 0 Å². The maximum Gasteiger partial charge on any atom is 0.240 e. The highest BCUT2D eigenvalue weighted by Crippen LogP contribution is 2.34. The number of piperidine rings is 1. The van der Waals surface area contributed by atoms with Gasteiger partial charge in [0.1, 0.15) is 0 Å². The molecule has 2 aliphatic carbocycles. The second-order valence-electron chi connectivity index (χ2n) is 9.65.